The van der Waals surface area contributed by atoms with E-state index >= 15 is 0 Å². The first-order valence-electron chi connectivity index (χ1n) is 12.9. The lowest BCUT2D eigenvalue weighted by Crippen LogP contribution is -2.44. The molecule has 2 aliphatic rings. The monoisotopic (exact) mass is 474 g/mol. The van der Waals surface area contributed by atoms with Crippen LogP contribution in [0.15, 0.2) is 66.7 Å². The Hall–Kier alpha value is -3.05. The Morgan fingerprint density at radius 2 is 1.86 bits per heavy atom. The Morgan fingerprint density at radius 3 is 2.60 bits per heavy atom. The van der Waals surface area contributed by atoms with E-state index < -0.39 is 0 Å². The molecule has 3 unspecified atom stereocenters. The zero-order valence-electron chi connectivity index (χ0n) is 20.4. The Bertz CT molecular complexity index is 1110. The van der Waals surface area contributed by atoms with Gasteiger partial charge in [-0.05, 0) is 111 Å². The lowest BCUT2D eigenvalue weighted by molar-refractivity contribution is 0.152. The maximum atomic E-state index is 13.6. The highest BCUT2D eigenvalue weighted by Crippen LogP contribution is 2.38. The number of aryl methyl sites for hydroxylation is 1. The van der Waals surface area contributed by atoms with Gasteiger partial charge >= 0.3 is 0 Å². The summed E-state index contributed by atoms with van der Waals surface area (Å²) in [5.41, 5.74) is 4.74. The van der Waals surface area contributed by atoms with E-state index in [9.17, 15) is 9.50 Å². The summed E-state index contributed by atoms with van der Waals surface area (Å²) in [6.07, 6.45) is 6.55. The quantitative estimate of drug-likeness (QED) is 0.429. The van der Waals surface area contributed by atoms with E-state index in [1.807, 2.05) is 24.3 Å². The minimum Gasteiger partial charge on any atom is -0.508 e. The molecule has 2 heterocycles. The van der Waals surface area contributed by atoms with Crippen LogP contribution in [0.3, 0.4) is 0 Å². The van der Waals surface area contributed by atoms with Gasteiger partial charge in [0, 0.05) is 18.3 Å². The van der Waals surface area contributed by atoms with E-state index in [0.717, 1.165) is 43.8 Å². The maximum Gasteiger partial charge on any atom is 0.123 e. The fraction of sp³-hybridized carbons (Fsp3) is 0.400. The maximum absolute atomic E-state index is 13.6. The van der Waals surface area contributed by atoms with Crippen molar-refractivity contribution in [2.45, 2.75) is 63.6 Å². The van der Waals surface area contributed by atoms with Crippen LogP contribution in [0.1, 0.15) is 55.3 Å². The number of phenols is 1. The third-order valence-corrected chi connectivity index (χ3v) is 7.51. The second kappa shape index (κ2) is 10.7. The minimum absolute atomic E-state index is 0.153. The van der Waals surface area contributed by atoms with E-state index in [2.05, 4.69) is 41.4 Å². The highest BCUT2D eigenvalue weighted by atomic mass is 19.1. The lowest BCUT2D eigenvalue weighted by Gasteiger charge is -2.39. The molecule has 1 saturated heterocycles. The van der Waals surface area contributed by atoms with Gasteiger partial charge in [0.1, 0.15) is 23.4 Å². The molecule has 3 atom stereocenters. The molecule has 1 fully saturated rings. The summed E-state index contributed by atoms with van der Waals surface area (Å²) in [7, 11) is 0. The van der Waals surface area contributed by atoms with Crippen LogP contribution < -0.4 is 15.0 Å². The number of phenolic OH excluding ortho intramolecular Hbond substituents is 1. The number of nitrogens with zero attached hydrogens (tertiary/aromatic N) is 1. The number of piperidine rings is 1. The molecule has 5 heteroatoms. The SMILES string of the molecule is CC(Oc1ccc(CCC2c3ccc(O)cc3CCN2c2ccc(F)cc2)cc1)C1CCCCN1. The van der Waals surface area contributed by atoms with Crippen molar-refractivity contribution in [3.8, 4) is 11.5 Å². The standard InChI is InChI=1S/C30H35FN2O2/c1-21(29-4-2-3-18-32-29)35-27-13-5-22(6-14-27)7-16-30-28-15-12-26(34)20-23(28)17-19-33(30)25-10-8-24(31)9-11-25/h5-6,8-15,20-21,29-30,32,34H,2-4,7,16-19H2,1H3. The molecule has 4 nitrogen and oxygen atoms in total. The fourth-order valence-corrected chi connectivity index (χ4v) is 5.57. The number of rotatable bonds is 7. The van der Waals surface area contributed by atoms with Gasteiger partial charge in [-0.2, -0.15) is 0 Å². The highest BCUT2D eigenvalue weighted by Gasteiger charge is 2.28. The first-order chi connectivity index (χ1) is 17.1. The number of halogens is 1. The van der Waals surface area contributed by atoms with Crippen molar-refractivity contribution in [1.29, 1.82) is 0 Å². The minimum atomic E-state index is -0.219. The molecule has 2 aliphatic heterocycles. The van der Waals surface area contributed by atoms with Crippen LogP contribution in [0.25, 0.3) is 0 Å². The molecule has 0 bridgehead atoms. The van der Waals surface area contributed by atoms with Crippen molar-refractivity contribution in [2.75, 3.05) is 18.0 Å². The molecule has 35 heavy (non-hydrogen) atoms. The Morgan fingerprint density at radius 1 is 1.06 bits per heavy atom. The molecule has 184 valence electrons. The van der Waals surface area contributed by atoms with Crippen LogP contribution >= 0.6 is 0 Å². The van der Waals surface area contributed by atoms with Gasteiger partial charge < -0.3 is 20.1 Å². The van der Waals surface area contributed by atoms with Gasteiger partial charge in [-0.25, -0.2) is 4.39 Å². The molecule has 0 aromatic heterocycles. The van der Waals surface area contributed by atoms with Gasteiger partial charge in [0.25, 0.3) is 0 Å². The third kappa shape index (κ3) is 5.62. The van der Waals surface area contributed by atoms with Gasteiger partial charge in [-0.1, -0.05) is 24.6 Å². The zero-order valence-corrected chi connectivity index (χ0v) is 20.4. The summed E-state index contributed by atoms with van der Waals surface area (Å²) in [5, 5.41) is 13.6. The van der Waals surface area contributed by atoms with Crippen LogP contribution in [-0.4, -0.2) is 30.3 Å². The van der Waals surface area contributed by atoms with E-state index in [0.29, 0.717) is 11.8 Å². The Kier molecular flexibility index (Phi) is 7.24. The van der Waals surface area contributed by atoms with Gasteiger partial charge in [0.2, 0.25) is 0 Å². The highest BCUT2D eigenvalue weighted by molar-refractivity contribution is 5.53. The second-order valence-corrected chi connectivity index (χ2v) is 9.88. The van der Waals surface area contributed by atoms with E-state index in [1.54, 1.807) is 6.07 Å². The summed E-state index contributed by atoms with van der Waals surface area (Å²) >= 11 is 0. The second-order valence-electron chi connectivity index (χ2n) is 9.88. The van der Waals surface area contributed by atoms with Crippen molar-refractivity contribution in [1.82, 2.24) is 5.32 Å². The molecule has 0 aliphatic carbocycles. The van der Waals surface area contributed by atoms with E-state index in [-0.39, 0.29) is 18.0 Å². The van der Waals surface area contributed by atoms with Crippen molar-refractivity contribution >= 4 is 5.69 Å². The molecule has 0 spiro atoms. The molecular formula is C30H35FN2O2. The fourth-order valence-electron chi connectivity index (χ4n) is 5.57. The lowest BCUT2D eigenvalue weighted by atomic mass is 9.88. The molecule has 3 aromatic rings. The van der Waals surface area contributed by atoms with Crippen molar-refractivity contribution < 1.29 is 14.2 Å². The van der Waals surface area contributed by atoms with Crippen LogP contribution in [0.4, 0.5) is 10.1 Å². The van der Waals surface area contributed by atoms with Gasteiger partial charge in [-0.3, -0.25) is 0 Å². The molecule has 0 saturated carbocycles. The first-order valence-corrected chi connectivity index (χ1v) is 12.9. The van der Waals surface area contributed by atoms with Crippen molar-refractivity contribution in [2.24, 2.45) is 0 Å². The number of nitrogens with one attached hydrogen (secondary N) is 1. The van der Waals surface area contributed by atoms with Crippen molar-refractivity contribution in [3.63, 3.8) is 0 Å². The van der Waals surface area contributed by atoms with Crippen LogP contribution in [0.2, 0.25) is 0 Å². The molecule has 0 radical (unpaired) electrons. The number of fused-ring (bicyclic) bond motifs is 1. The van der Waals surface area contributed by atoms with Crippen molar-refractivity contribution in [3.05, 3.63) is 89.2 Å². The zero-order chi connectivity index (χ0) is 24.2. The topological polar surface area (TPSA) is 44.7 Å². The smallest absolute Gasteiger partial charge is 0.123 e. The summed E-state index contributed by atoms with van der Waals surface area (Å²) in [5.74, 6) is 1.01. The first kappa shape index (κ1) is 23.7. The Labute approximate surface area is 207 Å². The largest absolute Gasteiger partial charge is 0.508 e. The molecule has 3 aromatic carbocycles. The average molecular weight is 475 g/mol. The summed E-state index contributed by atoms with van der Waals surface area (Å²) in [6, 6.07) is 21.6. The van der Waals surface area contributed by atoms with Gasteiger partial charge in [0.15, 0.2) is 0 Å². The average Bonchev–Trinajstić information content (AvgIpc) is 2.89. The third-order valence-electron chi connectivity index (χ3n) is 7.51. The molecule has 0 amide bonds. The summed E-state index contributed by atoms with van der Waals surface area (Å²) < 4.78 is 19.8. The van der Waals surface area contributed by atoms with E-state index in [1.165, 1.54) is 48.1 Å². The number of ether oxygens (including phenoxy) is 1. The van der Waals surface area contributed by atoms with Crippen LogP contribution in [0.5, 0.6) is 11.5 Å². The molecule has 5 rings (SSSR count). The molecule has 2 N–H and O–H groups in total. The van der Waals surface area contributed by atoms with Crippen LogP contribution in [-0.2, 0) is 12.8 Å². The predicted octanol–water partition coefficient (Wildman–Crippen LogP) is 6.18. The van der Waals surface area contributed by atoms with Gasteiger partial charge in [-0.15, -0.1) is 0 Å². The number of hydrogen-bond acceptors (Lipinski definition) is 4. The normalized spacial score (nSPS) is 20.8. The molecular weight excluding hydrogens is 439 g/mol. The predicted molar refractivity (Wildman–Crippen MR) is 139 cm³/mol. The Balaban J connectivity index is 1.28. The number of benzene rings is 3. The number of hydrogen-bond donors (Lipinski definition) is 2. The van der Waals surface area contributed by atoms with Gasteiger partial charge in [0.05, 0.1) is 6.04 Å². The van der Waals surface area contributed by atoms with Crippen LogP contribution in [0, 0.1) is 5.82 Å². The number of aromatic hydroxyl groups is 1. The summed E-state index contributed by atoms with van der Waals surface area (Å²) in [4.78, 5) is 2.37. The summed E-state index contributed by atoms with van der Waals surface area (Å²) in [6.45, 7) is 4.07. The number of anilines is 1. The van der Waals surface area contributed by atoms with E-state index in [4.69, 9.17) is 4.74 Å².